The van der Waals surface area contributed by atoms with Crippen LogP contribution in [0.4, 0.5) is 0 Å². The molecule has 0 atom stereocenters. The van der Waals surface area contributed by atoms with Crippen LogP contribution in [0.2, 0.25) is 0 Å². The first-order valence-corrected chi connectivity index (χ1v) is 7.58. The summed E-state index contributed by atoms with van der Waals surface area (Å²) in [5.74, 6) is 0. The van der Waals surface area contributed by atoms with Gasteiger partial charge in [-0.3, -0.25) is 9.97 Å². The summed E-state index contributed by atoms with van der Waals surface area (Å²) >= 11 is 0. The first-order valence-electron chi connectivity index (χ1n) is 7.58. The molecule has 0 bridgehead atoms. The Kier molecular flexibility index (Phi) is 6.45. The molecule has 0 aromatic carbocycles. The van der Waals surface area contributed by atoms with E-state index in [-0.39, 0.29) is 0 Å². The summed E-state index contributed by atoms with van der Waals surface area (Å²) in [5.41, 5.74) is 3.99. The van der Waals surface area contributed by atoms with Crippen molar-refractivity contribution in [2.75, 3.05) is 13.1 Å². The van der Waals surface area contributed by atoms with Gasteiger partial charge in [-0.25, -0.2) is 0 Å². The maximum Gasteiger partial charge on any atom is 0.0788 e. The fourth-order valence-corrected chi connectivity index (χ4v) is 2.20. The summed E-state index contributed by atoms with van der Waals surface area (Å²) in [6.45, 7) is 6.34. The molecule has 0 aliphatic carbocycles. The number of aliphatic hydroxyl groups is 1. The Balaban J connectivity index is 1.62. The van der Waals surface area contributed by atoms with Crippen molar-refractivity contribution in [1.29, 1.82) is 0 Å². The quantitative estimate of drug-likeness (QED) is 0.686. The van der Waals surface area contributed by atoms with Gasteiger partial charge in [-0.15, -0.1) is 0 Å². The minimum atomic E-state index is -0.436. The lowest BCUT2D eigenvalue weighted by atomic mass is 10.3. The monoisotopic (exact) mass is 300 g/mol. The molecule has 0 radical (unpaired) electrons. The van der Waals surface area contributed by atoms with E-state index in [0.717, 1.165) is 22.8 Å². The van der Waals surface area contributed by atoms with E-state index < -0.39 is 6.10 Å². The first-order chi connectivity index (χ1) is 10.6. The Labute approximate surface area is 131 Å². The van der Waals surface area contributed by atoms with E-state index in [1.54, 1.807) is 0 Å². The number of hydrogen-bond donors (Lipinski definition) is 3. The molecule has 118 valence electrons. The first kappa shape index (κ1) is 16.5. The zero-order valence-electron chi connectivity index (χ0n) is 13.2. The van der Waals surface area contributed by atoms with Crippen LogP contribution in [0.1, 0.15) is 22.8 Å². The van der Waals surface area contributed by atoms with Crippen LogP contribution >= 0.6 is 0 Å². The molecule has 2 rings (SSSR count). The lowest BCUT2D eigenvalue weighted by Gasteiger charge is -2.13. The molecule has 0 fully saturated rings. The molecule has 2 aromatic heterocycles. The highest BCUT2D eigenvalue weighted by Gasteiger charge is 2.04. The molecule has 0 aliphatic heterocycles. The second kappa shape index (κ2) is 8.58. The summed E-state index contributed by atoms with van der Waals surface area (Å²) in [4.78, 5) is 8.82. The number of nitrogens with zero attached hydrogens (tertiary/aromatic N) is 2. The van der Waals surface area contributed by atoms with Crippen molar-refractivity contribution in [2.45, 2.75) is 33.0 Å². The van der Waals surface area contributed by atoms with Gasteiger partial charge in [-0.2, -0.15) is 0 Å². The smallest absolute Gasteiger partial charge is 0.0788 e. The second-order valence-electron chi connectivity index (χ2n) is 5.46. The predicted octanol–water partition coefficient (Wildman–Crippen LogP) is 1.33. The molecule has 2 heterocycles. The van der Waals surface area contributed by atoms with E-state index in [4.69, 9.17) is 0 Å². The molecule has 5 heteroatoms. The Hall–Kier alpha value is -1.82. The van der Waals surface area contributed by atoms with E-state index >= 15 is 0 Å². The summed E-state index contributed by atoms with van der Waals surface area (Å²) in [7, 11) is 0. The third kappa shape index (κ3) is 5.89. The maximum atomic E-state index is 9.95. The van der Waals surface area contributed by atoms with Crippen LogP contribution in [-0.2, 0) is 13.1 Å². The zero-order chi connectivity index (χ0) is 15.8. The van der Waals surface area contributed by atoms with Gasteiger partial charge in [0.1, 0.15) is 0 Å². The van der Waals surface area contributed by atoms with Crippen molar-refractivity contribution in [3.8, 4) is 0 Å². The van der Waals surface area contributed by atoms with E-state index in [0.29, 0.717) is 26.2 Å². The molecular formula is C17H24N4O. The minimum absolute atomic E-state index is 0.436. The normalized spacial score (nSPS) is 11.1. The summed E-state index contributed by atoms with van der Waals surface area (Å²) in [6, 6.07) is 11.9. The number of aryl methyl sites for hydroxylation is 2. The van der Waals surface area contributed by atoms with Crippen LogP contribution < -0.4 is 10.6 Å². The van der Waals surface area contributed by atoms with Crippen LogP contribution in [0.5, 0.6) is 0 Å². The Morgan fingerprint density at radius 1 is 0.864 bits per heavy atom. The van der Waals surface area contributed by atoms with E-state index in [9.17, 15) is 5.11 Å². The van der Waals surface area contributed by atoms with E-state index in [1.165, 1.54) is 0 Å². The van der Waals surface area contributed by atoms with E-state index in [2.05, 4.69) is 20.6 Å². The van der Waals surface area contributed by atoms with Crippen molar-refractivity contribution < 1.29 is 5.11 Å². The van der Waals surface area contributed by atoms with Gasteiger partial charge in [-0.05, 0) is 38.1 Å². The average Bonchev–Trinajstić information content (AvgIpc) is 2.47. The number of pyridine rings is 2. The van der Waals surface area contributed by atoms with Gasteiger partial charge in [0.2, 0.25) is 0 Å². The number of rotatable bonds is 8. The van der Waals surface area contributed by atoms with Crippen LogP contribution in [0.15, 0.2) is 36.4 Å². The molecular weight excluding hydrogens is 276 g/mol. The van der Waals surface area contributed by atoms with Crippen molar-refractivity contribution in [3.05, 3.63) is 59.2 Å². The highest BCUT2D eigenvalue weighted by Crippen LogP contribution is 1.98. The molecule has 3 N–H and O–H groups in total. The zero-order valence-corrected chi connectivity index (χ0v) is 13.2. The third-order valence-electron chi connectivity index (χ3n) is 3.26. The fourth-order valence-electron chi connectivity index (χ4n) is 2.20. The van der Waals surface area contributed by atoms with Crippen LogP contribution in [-0.4, -0.2) is 34.3 Å². The van der Waals surface area contributed by atoms with Crippen LogP contribution in [0.3, 0.4) is 0 Å². The van der Waals surface area contributed by atoms with Gasteiger partial charge in [0.05, 0.1) is 17.5 Å². The molecule has 0 aliphatic rings. The molecule has 0 amide bonds. The Bertz CT molecular complexity index is 537. The minimum Gasteiger partial charge on any atom is -0.390 e. The highest BCUT2D eigenvalue weighted by atomic mass is 16.3. The van der Waals surface area contributed by atoms with Gasteiger partial charge >= 0.3 is 0 Å². The summed E-state index contributed by atoms with van der Waals surface area (Å²) < 4.78 is 0. The van der Waals surface area contributed by atoms with Crippen molar-refractivity contribution in [1.82, 2.24) is 20.6 Å². The average molecular weight is 300 g/mol. The topological polar surface area (TPSA) is 70.1 Å². The number of aliphatic hydroxyl groups excluding tert-OH is 1. The summed E-state index contributed by atoms with van der Waals surface area (Å²) in [5, 5.41) is 16.4. The molecule has 0 spiro atoms. The van der Waals surface area contributed by atoms with Crippen molar-refractivity contribution in [3.63, 3.8) is 0 Å². The van der Waals surface area contributed by atoms with E-state index in [1.807, 2.05) is 50.2 Å². The standard InChI is InChI=1S/C17H24N4O/c1-13-5-3-7-15(20-13)9-18-11-17(22)12-19-10-16-8-4-6-14(2)21-16/h3-8,17-19,22H,9-12H2,1-2H3. The molecule has 0 saturated heterocycles. The Morgan fingerprint density at radius 2 is 1.32 bits per heavy atom. The molecule has 0 unspecified atom stereocenters. The largest absolute Gasteiger partial charge is 0.390 e. The molecule has 0 saturated carbocycles. The van der Waals surface area contributed by atoms with Gasteiger partial charge in [0, 0.05) is 37.6 Å². The fraction of sp³-hybridized carbons (Fsp3) is 0.412. The summed E-state index contributed by atoms with van der Waals surface area (Å²) in [6.07, 6.45) is -0.436. The van der Waals surface area contributed by atoms with Crippen molar-refractivity contribution in [2.24, 2.45) is 0 Å². The highest BCUT2D eigenvalue weighted by molar-refractivity contribution is 5.10. The number of nitrogens with one attached hydrogen (secondary N) is 2. The van der Waals surface area contributed by atoms with Gasteiger partial charge < -0.3 is 15.7 Å². The SMILES string of the molecule is Cc1cccc(CNCC(O)CNCc2cccc(C)n2)n1. The van der Waals surface area contributed by atoms with Crippen molar-refractivity contribution >= 4 is 0 Å². The molecule has 5 nitrogen and oxygen atoms in total. The van der Waals surface area contributed by atoms with Crippen LogP contribution in [0, 0.1) is 13.8 Å². The maximum absolute atomic E-state index is 9.95. The molecule has 2 aromatic rings. The molecule has 22 heavy (non-hydrogen) atoms. The predicted molar refractivity (Wildman–Crippen MR) is 87.4 cm³/mol. The van der Waals surface area contributed by atoms with Gasteiger partial charge in [-0.1, -0.05) is 12.1 Å². The number of aromatic nitrogens is 2. The number of hydrogen-bond acceptors (Lipinski definition) is 5. The van der Waals surface area contributed by atoms with Gasteiger partial charge in [0.25, 0.3) is 0 Å². The second-order valence-corrected chi connectivity index (χ2v) is 5.46. The van der Waals surface area contributed by atoms with Crippen LogP contribution in [0.25, 0.3) is 0 Å². The van der Waals surface area contributed by atoms with Gasteiger partial charge in [0.15, 0.2) is 0 Å². The Morgan fingerprint density at radius 3 is 1.73 bits per heavy atom. The lowest BCUT2D eigenvalue weighted by molar-refractivity contribution is 0.167. The third-order valence-corrected chi connectivity index (χ3v) is 3.26. The lowest BCUT2D eigenvalue weighted by Crippen LogP contribution is -2.35.